The van der Waals surface area contributed by atoms with E-state index in [1.807, 2.05) is 0 Å². The molecule has 4 rings (SSSR count). The van der Waals surface area contributed by atoms with Gasteiger partial charge >= 0.3 is 0 Å². The zero-order chi connectivity index (χ0) is 19.2. The van der Waals surface area contributed by atoms with Gasteiger partial charge in [-0.25, -0.2) is 0 Å². The average Bonchev–Trinajstić information content (AvgIpc) is 2.80. The third-order valence-electron chi connectivity index (χ3n) is 4.97. The Morgan fingerprint density at radius 1 is 0.536 bits per heavy atom. The Balaban J connectivity index is 2.07. The molecule has 0 nitrogen and oxygen atoms in total. The van der Waals surface area contributed by atoms with Gasteiger partial charge in [-0.1, -0.05) is 131 Å². The summed E-state index contributed by atoms with van der Waals surface area (Å²) in [5.74, 6) is 2.50. The van der Waals surface area contributed by atoms with Gasteiger partial charge in [-0.15, -0.1) is 0 Å². The second-order valence-corrected chi connectivity index (χ2v) is 10.5. The van der Waals surface area contributed by atoms with Gasteiger partial charge in [0.1, 0.15) is 0 Å². The van der Waals surface area contributed by atoms with Crippen molar-refractivity contribution in [3.63, 3.8) is 0 Å². The lowest BCUT2D eigenvalue weighted by atomic mass is 10.2. The second kappa shape index (κ2) is 8.78. The molecule has 0 heterocycles. The number of hydrogen-bond donors (Lipinski definition) is 0. The van der Waals surface area contributed by atoms with Crippen LogP contribution in [0.5, 0.6) is 0 Å². The van der Waals surface area contributed by atoms with Crippen LogP contribution in [0, 0.1) is 0 Å². The molecular weight excluding hydrogens is 423 g/mol. The van der Waals surface area contributed by atoms with Crippen molar-refractivity contribution in [3.8, 4) is 0 Å². The first-order valence-corrected chi connectivity index (χ1v) is 12.4. The maximum absolute atomic E-state index is 3.55. The van der Waals surface area contributed by atoms with Gasteiger partial charge in [0.05, 0.1) is 0 Å². The normalized spacial score (nSPS) is 11.2. The van der Waals surface area contributed by atoms with E-state index in [0.29, 0.717) is 0 Å². The molecule has 0 radical (unpaired) electrons. The molecule has 2 heteroatoms. The molecule has 0 aliphatic rings. The van der Waals surface area contributed by atoms with Crippen LogP contribution >= 0.6 is 22.8 Å². The van der Waals surface area contributed by atoms with Crippen LogP contribution < -0.4 is 15.9 Å². The van der Waals surface area contributed by atoms with E-state index >= 15 is 0 Å². The van der Waals surface area contributed by atoms with Gasteiger partial charge in [0.15, 0.2) is 0 Å². The molecule has 0 fully saturated rings. The molecule has 0 aliphatic carbocycles. The molecular formula is C26H22BrP. The van der Waals surface area contributed by atoms with Gasteiger partial charge in [-0.2, -0.15) is 0 Å². The van der Waals surface area contributed by atoms with E-state index in [2.05, 4.69) is 137 Å². The number of alkyl halides is 1. The Morgan fingerprint density at radius 3 is 1.29 bits per heavy atom. The van der Waals surface area contributed by atoms with E-state index in [9.17, 15) is 0 Å². The van der Waals surface area contributed by atoms with E-state index < -0.39 is 6.89 Å². The van der Waals surface area contributed by atoms with Crippen molar-refractivity contribution in [1.82, 2.24) is 0 Å². The standard InChI is InChI=1S/C26H22BrP/c27-20-22-16-18-23(19-17-22)21-28(24-10-4-1-5-11-24,25-12-6-2-7-13-25)26-14-8-3-9-15-26/h1-19,21H,20H2. The van der Waals surface area contributed by atoms with E-state index in [1.54, 1.807) is 0 Å². The fraction of sp³-hybridized carbons (Fsp3) is 0.0385. The van der Waals surface area contributed by atoms with E-state index in [0.717, 1.165) is 5.33 Å². The Kier molecular flexibility index (Phi) is 5.95. The Morgan fingerprint density at radius 2 is 0.929 bits per heavy atom. The van der Waals surface area contributed by atoms with Crippen LogP contribution in [0.2, 0.25) is 0 Å². The van der Waals surface area contributed by atoms with Crippen LogP contribution in [0.25, 0.3) is 0 Å². The van der Waals surface area contributed by atoms with E-state index in [4.69, 9.17) is 0 Å². The van der Waals surface area contributed by atoms with E-state index in [1.165, 1.54) is 27.0 Å². The van der Waals surface area contributed by atoms with Crippen molar-refractivity contribution < 1.29 is 0 Å². The van der Waals surface area contributed by atoms with Crippen LogP contribution in [0.3, 0.4) is 0 Å². The summed E-state index contributed by atoms with van der Waals surface area (Å²) in [6, 6.07) is 41.7. The highest BCUT2D eigenvalue weighted by molar-refractivity contribution is 9.08. The Hall–Kier alpha value is -2.34. The van der Waals surface area contributed by atoms with Crippen molar-refractivity contribution in [2.45, 2.75) is 5.33 Å². The summed E-state index contributed by atoms with van der Waals surface area (Å²) in [6.07, 6.45) is 0. The van der Waals surface area contributed by atoms with Crippen molar-refractivity contribution in [2.75, 3.05) is 0 Å². The first-order chi connectivity index (χ1) is 13.8. The smallest absolute Gasteiger partial charge is 0.0283 e. The Bertz CT molecular complexity index is 966. The molecule has 0 saturated heterocycles. The van der Waals surface area contributed by atoms with Gasteiger partial charge < -0.3 is 0 Å². The lowest BCUT2D eigenvalue weighted by Gasteiger charge is -2.29. The zero-order valence-electron chi connectivity index (χ0n) is 15.6. The summed E-state index contributed by atoms with van der Waals surface area (Å²) < 4.78 is 0. The predicted octanol–water partition coefficient (Wildman–Crippen LogP) is 5.73. The van der Waals surface area contributed by atoms with Crippen LogP contribution in [-0.4, -0.2) is 5.80 Å². The third-order valence-corrected chi connectivity index (χ3v) is 9.64. The molecule has 0 aliphatic heterocycles. The largest absolute Gasteiger partial charge is 0.0876 e. The minimum absolute atomic E-state index is 0.879. The first-order valence-electron chi connectivity index (χ1n) is 9.39. The van der Waals surface area contributed by atoms with Gasteiger partial charge in [-0.05, 0) is 39.7 Å². The zero-order valence-corrected chi connectivity index (χ0v) is 18.1. The molecule has 138 valence electrons. The minimum Gasteiger partial charge on any atom is -0.0876 e. The van der Waals surface area contributed by atoms with Crippen LogP contribution in [0.4, 0.5) is 0 Å². The summed E-state index contributed by atoms with van der Waals surface area (Å²) in [6.45, 7) is -1.94. The number of hydrogen-bond acceptors (Lipinski definition) is 0. The Labute approximate surface area is 176 Å². The third kappa shape index (κ3) is 3.78. The molecule has 0 spiro atoms. The molecule has 0 bridgehead atoms. The van der Waals surface area contributed by atoms with E-state index in [-0.39, 0.29) is 0 Å². The predicted molar refractivity (Wildman–Crippen MR) is 129 cm³/mol. The van der Waals surface area contributed by atoms with Gasteiger partial charge in [0.25, 0.3) is 0 Å². The fourth-order valence-corrected chi connectivity index (χ4v) is 7.84. The second-order valence-electron chi connectivity index (χ2n) is 6.73. The monoisotopic (exact) mass is 444 g/mol. The van der Waals surface area contributed by atoms with Crippen molar-refractivity contribution in [1.29, 1.82) is 0 Å². The van der Waals surface area contributed by atoms with Crippen molar-refractivity contribution in [3.05, 3.63) is 126 Å². The van der Waals surface area contributed by atoms with Gasteiger partial charge in [0.2, 0.25) is 0 Å². The fourth-order valence-electron chi connectivity index (χ4n) is 3.58. The van der Waals surface area contributed by atoms with Crippen molar-refractivity contribution in [2.24, 2.45) is 0 Å². The number of rotatable bonds is 5. The van der Waals surface area contributed by atoms with Gasteiger partial charge in [0, 0.05) is 5.33 Å². The lowest BCUT2D eigenvalue weighted by molar-refractivity contribution is 1.43. The van der Waals surface area contributed by atoms with Gasteiger partial charge in [-0.3, -0.25) is 0 Å². The highest BCUT2D eigenvalue weighted by atomic mass is 79.9. The van der Waals surface area contributed by atoms with Crippen LogP contribution in [0.1, 0.15) is 11.1 Å². The maximum Gasteiger partial charge on any atom is 0.0283 e. The average molecular weight is 445 g/mol. The summed E-state index contributed by atoms with van der Waals surface area (Å²) in [5.41, 5.74) is 2.55. The first kappa shape index (κ1) is 19.0. The molecule has 4 aromatic carbocycles. The quantitative estimate of drug-likeness (QED) is 0.272. The molecule has 4 aromatic rings. The van der Waals surface area contributed by atoms with Crippen LogP contribution in [-0.2, 0) is 5.33 Å². The molecule has 28 heavy (non-hydrogen) atoms. The highest BCUT2D eigenvalue weighted by Gasteiger charge is 2.24. The molecule has 0 saturated carbocycles. The number of benzene rings is 4. The minimum atomic E-state index is -1.94. The molecule has 0 unspecified atom stereocenters. The molecule has 0 aromatic heterocycles. The molecule has 0 N–H and O–H groups in total. The maximum atomic E-state index is 3.55. The lowest BCUT2D eigenvalue weighted by Crippen LogP contribution is -2.27. The van der Waals surface area contributed by atoms with Crippen molar-refractivity contribution >= 4 is 44.5 Å². The summed E-state index contributed by atoms with van der Waals surface area (Å²) in [5, 5.41) is 5.00. The molecule has 0 amide bonds. The molecule has 0 atom stereocenters. The number of halogens is 1. The topological polar surface area (TPSA) is 0 Å². The van der Waals surface area contributed by atoms with Crippen LogP contribution in [0.15, 0.2) is 115 Å². The SMILES string of the molecule is BrCc1ccc(C=P(c2ccccc2)(c2ccccc2)c2ccccc2)cc1. The summed E-state index contributed by atoms with van der Waals surface area (Å²) in [7, 11) is 0. The summed E-state index contributed by atoms with van der Waals surface area (Å²) >= 11 is 3.55. The summed E-state index contributed by atoms with van der Waals surface area (Å²) in [4.78, 5) is 0. The highest BCUT2D eigenvalue weighted by Crippen LogP contribution is 2.44.